The van der Waals surface area contributed by atoms with Gasteiger partial charge in [-0.25, -0.2) is 0 Å². The van der Waals surface area contributed by atoms with E-state index >= 15 is 0 Å². The molecule has 18 heavy (non-hydrogen) atoms. The molecule has 3 heterocycles. The van der Waals surface area contributed by atoms with Crippen molar-refractivity contribution < 1.29 is 9.72 Å². The Morgan fingerprint density at radius 1 is 1.50 bits per heavy atom. The van der Waals surface area contributed by atoms with Crippen LogP contribution in [-0.2, 0) is 0 Å². The summed E-state index contributed by atoms with van der Waals surface area (Å²) in [6, 6.07) is 3.10. The van der Waals surface area contributed by atoms with Gasteiger partial charge in [0.1, 0.15) is 0 Å². The first-order valence-electron chi connectivity index (χ1n) is 5.91. The second kappa shape index (κ2) is 4.33. The van der Waals surface area contributed by atoms with Gasteiger partial charge >= 0.3 is 5.00 Å². The van der Waals surface area contributed by atoms with Crippen LogP contribution in [0.3, 0.4) is 0 Å². The molecule has 1 N–H and O–H groups in total. The van der Waals surface area contributed by atoms with Gasteiger partial charge in [0.15, 0.2) is 0 Å². The number of nitrogens with one attached hydrogen (secondary N) is 1. The van der Waals surface area contributed by atoms with E-state index in [1.165, 1.54) is 12.1 Å². The van der Waals surface area contributed by atoms with E-state index < -0.39 is 4.92 Å². The first kappa shape index (κ1) is 11.6. The molecule has 1 aromatic heterocycles. The van der Waals surface area contributed by atoms with Crippen molar-refractivity contribution >= 4 is 22.2 Å². The van der Waals surface area contributed by atoms with Crippen LogP contribution < -0.4 is 5.32 Å². The lowest BCUT2D eigenvalue weighted by Crippen LogP contribution is -2.42. The van der Waals surface area contributed by atoms with Crippen LogP contribution >= 0.6 is 11.3 Å². The van der Waals surface area contributed by atoms with Crippen LogP contribution in [0.2, 0.25) is 0 Å². The monoisotopic (exact) mass is 267 g/mol. The van der Waals surface area contributed by atoms with Crippen LogP contribution in [0.25, 0.3) is 0 Å². The van der Waals surface area contributed by atoms with Crippen molar-refractivity contribution in [3.63, 3.8) is 0 Å². The first-order chi connectivity index (χ1) is 8.63. The number of fused-ring (bicyclic) bond motifs is 2. The quantitative estimate of drug-likeness (QED) is 0.657. The van der Waals surface area contributed by atoms with E-state index in [0.29, 0.717) is 10.8 Å². The van der Waals surface area contributed by atoms with Crippen LogP contribution in [0, 0.1) is 16.0 Å². The summed E-state index contributed by atoms with van der Waals surface area (Å²) >= 11 is 0.928. The molecule has 2 aliphatic heterocycles. The van der Waals surface area contributed by atoms with Crippen molar-refractivity contribution in [2.75, 3.05) is 19.6 Å². The lowest BCUT2D eigenvalue weighted by Gasteiger charge is -2.22. The van der Waals surface area contributed by atoms with Crippen molar-refractivity contribution in [2.24, 2.45) is 5.92 Å². The van der Waals surface area contributed by atoms with Gasteiger partial charge in [0.25, 0.3) is 5.91 Å². The number of piperidine rings is 1. The number of hydrogen-bond acceptors (Lipinski definition) is 5. The van der Waals surface area contributed by atoms with E-state index in [2.05, 4.69) is 10.2 Å². The molecule has 3 atom stereocenters. The van der Waals surface area contributed by atoms with Crippen LogP contribution in [0.4, 0.5) is 5.00 Å². The molecular weight excluding hydrogens is 254 g/mol. The maximum absolute atomic E-state index is 12.0. The van der Waals surface area contributed by atoms with Crippen LogP contribution in [0.1, 0.15) is 16.1 Å². The standard InChI is InChI=1S/C11H13N3O3S/c15-11(9-1-2-10(18-9)14(16)17)12-8-6-13-4-3-7(8)5-13/h1-2,7-8H,3-6H2,(H,12,15)/t7-,8-/m0/s1. The van der Waals surface area contributed by atoms with Gasteiger partial charge in [-0.2, -0.15) is 0 Å². The molecule has 1 amide bonds. The SMILES string of the molecule is O=C(N[C@H]1CN2CC[C@H]1C2)c1ccc([N+](=O)[O-])s1. The molecule has 2 bridgehead atoms. The zero-order valence-electron chi connectivity index (χ0n) is 9.67. The Kier molecular flexibility index (Phi) is 2.79. The molecule has 2 saturated heterocycles. The number of carbonyl (C=O) groups excluding carboxylic acids is 1. The maximum Gasteiger partial charge on any atom is 0.324 e. The van der Waals surface area contributed by atoms with Crippen molar-refractivity contribution in [3.8, 4) is 0 Å². The average Bonchev–Trinajstić information content (AvgIpc) is 3.04. The fourth-order valence-corrected chi connectivity index (χ4v) is 3.46. The van der Waals surface area contributed by atoms with Crippen LogP contribution in [-0.4, -0.2) is 41.4 Å². The lowest BCUT2D eigenvalue weighted by molar-refractivity contribution is -0.380. The largest absolute Gasteiger partial charge is 0.347 e. The highest BCUT2D eigenvalue weighted by molar-refractivity contribution is 7.17. The molecule has 3 rings (SSSR count). The molecule has 2 fully saturated rings. The predicted octanol–water partition coefficient (Wildman–Crippen LogP) is 1.09. The summed E-state index contributed by atoms with van der Waals surface area (Å²) in [7, 11) is 0. The fourth-order valence-electron chi connectivity index (χ4n) is 2.73. The van der Waals surface area contributed by atoms with E-state index in [1.807, 2.05) is 0 Å². The van der Waals surface area contributed by atoms with Crippen molar-refractivity contribution in [2.45, 2.75) is 12.5 Å². The Hall–Kier alpha value is -1.47. The van der Waals surface area contributed by atoms with Crippen LogP contribution in [0.15, 0.2) is 12.1 Å². The second-order valence-electron chi connectivity index (χ2n) is 4.78. The van der Waals surface area contributed by atoms with Gasteiger partial charge in [-0.05, 0) is 24.9 Å². The van der Waals surface area contributed by atoms with Gasteiger partial charge in [-0.3, -0.25) is 14.9 Å². The number of amides is 1. The van der Waals surface area contributed by atoms with E-state index in [0.717, 1.165) is 37.4 Å². The number of rotatable bonds is 3. The van der Waals surface area contributed by atoms with Gasteiger partial charge in [0.05, 0.1) is 9.80 Å². The molecule has 0 spiro atoms. The van der Waals surface area contributed by atoms with Gasteiger partial charge in [0.2, 0.25) is 0 Å². The minimum Gasteiger partial charge on any atom is -0.347 e. The number of hydrogen-bond donors (Lipinski definition) is 1. The highest BCUT2D eigenvalue weighted by Gasteiger charge is 2.38. The molecule has 96 valence electrons. The normalized spacial score (nSPS) is 29.4. The molecule has 1 unspecified atom stereocenters. The third kappa shape index (κ3) is 1.99. The Labute approximate surface area is 108 Å². The van der Waals surface area contributed by atoms with Crippen molar-refractivity contribution in [1.82, 2.24) is 10.2 Å². The summed E-state index contributed by atoms with van der Waals surface area (Å²) in [5.74, 6) is 0.357. The van der Waals surface area contributed by atoms with Crippen molar-refractivity contribution in [1.29, 1.82) is 0 Å². The number of thiophene rings is 1. The molecule has 7 heteroatoms. The topological polar surface area (TPSA) is 75.5 Å². The minimum absolute atomic E-state index is 0.0110. The third-order valence-corrected chi connectivity index (χ3v) is 4.68. The molecule has 6 nitrogen and oxygen atoms in total. The zero-order valence-corrected chi connectivity index (χ0v) is 10.5. The summed E-state index contributed by atoms with van der Waals surface area (Å²) in [5.41, 5.74) is 0. The van der Waals surface area contributed by atoms with Gasteiger partial charge in [0, 0.05) is 25.2 Å². The fraction of sp³-hybridized carbons (Fsp3) is 0.545. The first-order valence-corrected chi connectivity index (χ1v) is 6.72. The Morgan fingerprint density at radius 2 is 2.33 bits per heavy atom. The van der Waals surface area contributed by atoms with Crippen molar-refractivity contribution in [3.05, 3.63) is 27.1 Å². The molecular formula is C11H13N3O3S. The van der Waals surface area contributed by atoms with Gasteiger partial charge in [-0.1, -0.05) is 11.3 Å². The van der Waals surface area contributed by atoms with Gasteiger partial charge < -0.3 is 10.2 Å². The van der Waals surface area contributed by atoms with E-state index in [9.17, 15) is 14.9 Å². The van der Waals surface area contributed by atoms with E-state index in [1.54, 1.807) is 0 Å². The summed E-state index contributed by atoms with van der Waals surface area (Å²) in [4.78, 5) is 24.8. The summed E-state index contributed by atoms with van der Waals surface area (Å²) in [6.45, 7) is 3.10. The Balaban J connectivity index is 1.65. The zero-order chi connectivity index (χ0) is 12.7. The Bertz CT molecular complexity index is 501. The average molecular weight is 267 g/mol. The predicted molar refractivity (Wildman–Crippen MR) is 66.8 cm³/mol. The molecule has 0 aliphatic carbocycles. The number of nitro groups is 1. The van der Waals surface area contributed by atoms with E-state index in [-0.39, 0.29) is 17.0 Å². The maximum atomic E-state index is 12.0. The minimum atomic E-state index is -0.468. The Morgan fingerprint density at radius 3 is 2.89 bits per heavy atom. The van der Waals surface area contributed by atoms with Crippen LogP contribution in [0.5, 0.6) is 0 Å². The molecule has 2 aliphatic rings. The summed E-state index contributed by atoms with van der Waals surface area (Å²) in [5, 5.41) is 13.6. The highest BCUT2D eigenvalue weighted by Crippen LogP contribution is 2.29. The smallest absolute Gasteiger partial charge is 0.324 e. The molecule has 0 radical (unpaired) electrons. The molecule has 0 saturated carbocycles. The lowest BCUT2D eigenvalue weighted by atomic mass is 10.00. The number of carbonyl (C=O) groups is 1. The summed E-state index contributed by atoms with van der Waals surface area (Å²) < 4.78 is 0. The second-order valence-corrected chi connectivity index (χ2v) is 5.85. The molecule has 1 aromatic rings. The third-order valence-electron chi connectivity index (χ3n) is 3.64. The molecule has 0 aromatic carbocycles. The van der Waals surface area contributed by atoms with Gasteiger partial charge in [-0.15, -0.1) is 0 Å². The van der Waals surface area contributed by atoms with E-state index in [4.69, 9.17) is 0 Å². The highest BCUT2D eigenvalue weighted by atomic mass is 32.1. The summed E-state index contributed by atoms with van der Waals surface area (Å²) in [6.07, 6.45) is 1.13. The number of nitrogens with zero attached hydrogens (tertiary/aromatic N) is 2.